The molecule has 116 valence electrons. The lowest BCUT2D eigenvalue weighted by atomic mass is 10.1. The Kier molecular flexibility index (Phi) is 4.78. The van der Waals surface area contributed by atoms with Crippen LogP contribution in [0.3, 0.4) is 0 Å². The minimum Gasteiger partial charge on any atom is -0.459 e. The average molecular weight is 310 g/mol. The van der Waals surface area contributed by atoms with Gasteiger partial charge in [0.2, 0.25) is 0 Å². The summed E-state index contributed by atoms with van der Waals surface area (Å²) in [7, 11) is 0. The van der Waals surface area contributed by atoms with Crippen molar-refractivity contribution in [3.63, 3.8) is 0 Å². The van der Waals surface area contributed by atoms with Crippen molar-refractivity contribution in [2.45, 2.75) is 38.8 Å². The summed E-state index contributed by atoms with van der Waals surface area (Å²) >= 11 is 1.49. The predicted octanol–water partition coefficient (Wildman–Crippen LogP) is 1.44. The van der Waals surface area contributed by atoms with E-state index in [-0.39, 0.29) is 24.3 Å². The number of ketones is 1. The number of allylic oxidation sites excluding steroid dienone is 3. The highest BCUT2D eigenvalue weighted by molar-refractivity contribution is 8.04. The molecule has 0 radical (unpaired) electrons. The van der Waals surface area contributed by atoms with Crippen LogP contribution in [0.1, 0.15) is 27.2 Å². The first-order valence-electron chi connectivity index (χ1n) is 7.05. The van der Waals surface area contributed by atoms with Crippen molar-refractivity contribution in [3.8, 4) is 0 Å². The molecule has 0 bridgehead atoms. The van der Waals surface area contributed by atoms with Gasteiger partial charge in [-0.3, -0.25) is 9.59 Å². The highest BCUT2D eigenvalue weighted by atomic mass is 32.2. The van der Waals surface area contributed by atoms with Gasteiger partial charge in [-0.05, 0) is 26.8 Å². The second-order valence-corrected chi connectivity index (χ2v) is 7.31. The van der Waals surface area contributed by atoms with Gasteiger partial charge < -0.3 is 15.4 Å². The number of rotatable bonds is 2. The molecule has 5 nitrogen and oxygen atoms in total. The molecule has 1 unspecified atom stereocenters. The summed E-state index contributed by atoms with van der Waals surface area (Å²) in [6, 6.07) is -0.0733. The SMILES string of the molecule is CC(C)(C)OC(=O)CN1CC(N)CSC2=C1CC=CC2=O. The maximum Gasteiger partial charge on any atom is 0.326 e. The van der Waals surface area contributed by atoms with Crippen molar-refractivity contribution in [1.29, 1.82) is 0 Å². The lowest BCUT2D eigenvalue weighted by Crippen LogP contribution is -2.41. The Balaban J connectivity index is 2.16. The molecule has 0 aromatic carbocycles. The number of nitrogens with zero attached hydrogens (tertiary/aromatic N) is 1. The third-order valence-electron chi connectivity index (χ3n) is 3.08. The number of thioether (sulfide) groups is 1. The Labute approximate surface area is 129 Å². The molecule has 1 aliphatic heterocycles. The molecule has 1 aliphatic carbocycles. The number of hydrogen-bond acceptors (Lipinski definition) is 6. The quantitative estimate of drug-likeness (QED) is 0.778. The van der Waals surface area contributed by atoms with Crippen LogP contribution in [0.25, 0.3) is 0 Å². The molecule has 2 N–H and O–H groups in total. The summed E-state index contributed by atoms with van der Waals surface area (Å²) in [6.07, 6.45) is 4.08. The maximum absolute atomic E-state index is 12.1. The van der Waals surface area contributed by atoms with E-state index in [9.17, 15) is 9.59 Å². The van der Waals surface area contributed by atoms with Gasteiger partial charge in [-0.15, -0.1) is 11.8 Å². The van der Waals surface area contributed by atoms with Gasteiger partial charge in [0.25, 0.3) is 0 Å². The summed E-state index contributed by atoms with van der Waals surface area (Å²) in [6.45, 7) is 6.21. The number of esters is 1. The fourth-order valence-electron chi connectivity index (χ4n) is 2.34. The molecule has 6 heteroatoms. The van der Waals surface area contributed by atoms with Crippen LogP contribution in [-0.4, -0.2) is 47.1 Å². The summed E-state index contributed by atoms with van der Waals surface area (Å²) in [4.78, 5) is 26.7. The van der Waals surface area contributed by atoms with Crippen LogP contribution in [-0.2, 0) is 14.3 Å². The molecule has 0 aromatic heterocycles. The molecular weight excluding hydrogens is 288 g/mol. The van der Waals surface area contributed by atoms with Gasteiger partial charge in [-0.25, -0.2) is 0 Å². The van der Waals surface area contributed by atoms with Crippen LogP contribution in [0.5, 0.6) is 0 Å². The van der Waals surface area contributed by atoms with E-state index in [1.807, 2.05) is 31.7 Å². The molecule has 1 heterocycles. The molecule has 21 heavy (non-hydrogen) atoms. The minimum atomic E-state index is -0.515. The number of nitrogens with two attached hydrogens (primary N) is 1. The van der Waals surface area contributed by atoms with Crippen molar-refractivity contribution in [2.75, 3.05) is 18.8 Å². The third-order valence-corrected chi connectivity index (χ3v) is 4.40. The third kappa shape index (κ3) is 4.35. The van der Waals surface area contributed by atoms with Gasteiger partial charge >= 0.3 is 5.97 Å². The van der Waals surface area contributed by atoms with Crippen LogP contribution < -0.4 is 5.73 Å². The van der Waals surface area contributed by atoms with E-state index in [0.29, 0.717) is 23.6 Å². The van der Waals surface area contributed by atoms with Crippen LogP contribution >= 0.6 is 11.8 Å². The number of hydrogen-bond donors (Lipinski definition) is 1. The summed E-state index contributed by atoms with van der Waals surface area (Å²) in [5.74, 6) is 0.392. The molecule has 0 fully saturated rings. The normalized spacial score (nSPS) is 23.0. The van der Waals surface area contributed by atoms with Crippen molar-refractivity contribution in [3.05, 3.63) is 22.8 Å². The first-order valence-corrected chi connectivity index (χ1v) is 8.04. The van der Waals surface area contributed by atoms with Gasteiger partial charge in [0, 0.05) is 30.5 Å². The van der Waals surface area contributed by atoms with Crippen LogP contribution in [0.15, 0.2) is 22.8 Å². The van der Waals surface area contributed by atoms with Gasteiger partial charge in [0.05, 0.1) is 4.91 Å². The van der Waals surface area contributed by atoms with E-state index in [2.05, 4.69) is 0 Å². The largest absolute Gasteiger partial charge is 0.459 e. The summed E-state index contributed by atoms with van der Waals surface area (Å²) in [5.41, 5.74) is 6.43. The zero-order chi connectivity index (χ0) is 15.6. The predicted molar refractivity (Wildman–Crippen MR) is 83.6 cm³/mol. The van der Waals surface area contributed by atoms with Gasteiger partial charge in [-0.1, -0.05) is 6.08 Å². The Hall–Kier alpha value is -1.27. The van der Waals surface area contributed by atoms with Gasteiger partial charge in [0.15, 0.2) is 5.78 Å². The second kappa shape index (κ2) is 6.23. The number of ether oxygens (including phenoxy) is 1. The van der Waals surface area contributed by atoms with Gasteiger partial charge in [-0.2, -0.15) is 0 Å². The Bertz CT molecular complexity index is 506. The number of carbonyl (C=O) groups excluding carboxylic acids is 2. The fraction of sp³-hybridized carbons (Fsp3) is 0.600. The lowest BCUT2D eigenvalue weighted by Gasteiger charge is -2.29. The van der Waals surface area contributed by atoms with Crippen LogP contribution in [0, 0.1) is 0 Å². The molecular formula is C15H22N2O3S. The highest BCUT2D eigenvalue weighted by Crippen LogP contribution is 2.32. The summed E-state index contributed by atoms with van der Waals surface area (Å²) in [5, 5.41) is 0. The van der Waals surface area contributed by atoms with E-state index in [1.165, 1.54) is 11.8 Å². The average Bonchev–Trinajstić information content (AvgIpc) is 2.48. The lowest BCUT2D eigenvalue weighted by molar-refractivity contribution is -0.155. The zero-order valence-electron chi connectivity index (χ0n) is 12.7. The Morgan fingerprint density at radius 3 is 2.90 bits per heavy atom. The first kappa shape index (κ1) is 16.1. The van der Waals surface area contributed by atoms with Crippen LogP contribution in [0.4, 0.5) is 0 Å². The standard InChI is InChI=1S/C15H22N2O3S/c1-15(2,3)20-13(19)8-17-7-10(16)9-21-14-11(17)5-4-6-12(14)18/h4,6,10H,5,7-9,16H2,1-3H3. The first-order chi connectivity index (χ1) is 9.76. The molecule has 0 saturated heterocycles. The van der Waals surface area contributed by atoms with E-state index in [0.717, 1.165) is 5.70 Å². The minimum absolute atomic E-state index is 0.00420. The van der Waals surface area contributed by atoms with Crippen LogP contribution in [0.2, 0.25) is 0 Å². The van der Waals surface area contributed by atoms with E-state index < -0.39 is 5.60 Å². The maximum atomic E-state index is 12.1. The second-order valence-electron chi connectivity index (χ2n) is 6.28. The Morgan fingerprint density at radius 1 is 1.52 bits per heavy atom. The molecule has 2 aliphatic rings. The summed E-state index contributed by atoms with van der Waals surface area (Å²) < 4.78 is 5.37. The van der Waals surface area contributed by atoms with Crippen molar-refractivity contribution in [2.24, 2.45) is 5.73 Å². The van der Waals surface area contributed by atoms with E-state index in [4.69, 9.17) is 10.5 Å². The monoisotopic (exact) mass is 310 g/mol. The molecule has 1 atom stereocenters. The Morgan fingerprint density at radius 2 is 2.24 bits per heavy atom. The van der Waals surface area contributed by atoms with E-state index >= 15 is 0 Å². The molecule has 2 rings (SSSR count). The molecule has 0 spiro atoms. The van der Waals surface area contributed by atoms with Crippen molar-refractivity contribution in [1.82, 2.24) is 4.90 Å². The molecule has 0 saturated carbocycles. The fourth-order valence-corrected chi connectivity index (χ4v) is 3.42. The molecule has 0 amide bonds. The van der Waals surface area contributed by atoms with E-state index in [1.54, 1.807) is 6.08 Å². The smallest absolute Gasteiger partial charge is 0.326 e. The van der Waals surface area contributed by atoms with Gasteiger partial charge in [0.1, 0.15) is 12.1 Å². The number of carbonyl (C=O) groups is 2. The molecule has 0 aromatic rings. The topological polar surface area (TPSA) is 72.6 Å². The van der Waals surface area contributed by atoms with Crippen molar-refractivity contribution >= 4 is 23.5 Å². The zero-order valence-corrected chi connectivity index (χ0v) is 13.5. The van der Waals surface area contributed by atoms with Crippen molar-refractivity contribution < 1.29 is 14.3 Å². The highest BCUT2D eigenvalue weighted by Gasteiger charge is 2.29.